The third-order valence-electron chi connectivity index (χ3n) is 1.88. The van der Waals surface area contributed by atoms with Gasteiger partial charge < -0.3 is 4.74 Å². The van der Waals surface area contributed by atoms with E-state index in [4.69, 9.17) is 11.2 Å². The summed E-state index contributed by atoms with van der Waals surface area (Å²) in [5, 5.41) is 0. The molecule has 1 heteroatoms. The Morgan fingerprint density at radius 1 is 1.27 bits per heavy atom. The molecule has 0 fully saturated rings. The van der Waals surface area contributed by atoms with Crippen LogP contribution in [0.2, 0.25) is 0 Å². The smallest absolute Gasteiger partial charge is 0.144 e. The van der Waals surface area contributed by atoms with Crippen LogP contribution in [0.3, 0.4) is 0 Å². The summed E-state index contributed by atoms with van der Waals surface area (Å²) in [6.07, 6.45) is 5.94. The summed E-state index contributed by atoms with van der Waals surface area (Å²) >= 11 is 0. The van der Waals surface area contributed by atoms with Crippen molar-refractivity contribution in [2.45, 2.75) is 19.4 Å². The van der Waals surface area contributed by atoms with E-state index >= 15 is 0 Å². The average molecular weight is 198 g/mol. The van der Waals surface area contributed by atoms with Gasteiger partial charge in [-0.2, -0.15) is 0 Å². The predicted octanol–water partition coefficient (Wildman–Crippen LogP) is 2.79. The van der Waals surface area contributed by atoms with Crippen LogP contribution < -0.4 is 0 Å². The predicted molar refractivity (Wildman–Crippen MR) is 62.0 cm³/mol. The van der Waals surface area contributed by atoms with Crippen LogP contribution in [0, 0.1) is 24.2 Å². The minimum Gasteiger partial charge on any atom is -0.348 e. The quantitative estimate of drug-likeness (QED) is 0.679. The highest BCUT2D eigenvalue weighted by atomic mass is 16.5. The summed E-state index contributed by atoms with van der Waals surface area (Å²) in [5.41, 5.74) is 0.998. The lowest BCUT2D eigenvalue weighted by molar-refractivity contribution is 0.121. The first-order chi connectivity index (χ1) is 7.38. The Morgan fingerprint density at radius 3 is 2.60 bits per heavy atom. The standard InChI is InChI=1S/C14H14O/c1-3-5-9-12-15-14(4-2)13-10-7-6-8-11-13/h2,6-8,10-11,14H,3,12H2,1H3. The van der Waals surface area contributed by atoms with E-state index in [1.54, 1.807) is 0 Å². The molecule has 1 rings (SSSR count). The summed E-state index contributed by atoms with van der Waals surface area (Å²) in [6.45, 7) is 2.39. The van der Waals surface area contributed by atoms with Gasteiger partial charge in [-0.3, -0.25) is 0 Å². The van der Waals surface area contributed by atoms with E-state index in [1.807, 2.05) is 37.3 Å². The van der Waals surface area contributed by atoms with Crippen LogP contribution in [0.15, 0.2) is 30.3 Å². The summed E-state index contributed by atoms with van der Waals surface area (Å²) in [5.74, 6) is 8.44. The number of rotatable bonds is 3. The van der Waals surface area contributed by atoms with Gasteiger partial charge in [-0.25, -0.2) is 0 Å². The van der Waals surface area contributed by atoms with Crippen LogP contribution in [0.5, 0.6) is 0 Å². The molecule has 0 saturated carbocycles. The zero-order chi connectivity index (χ0) is 10.9. The number of ether oxygens (including phenoxy) is 1. The monoisotopic (exact) mass is 198 g/mol. The first-order valence-corrected chi connectivity index (χ1v) is 4.97. The van der Waals surface area contributed by atoms with Crippen molar-refractivity contribution in [2.24, 2.45) is 0 Å². The van der Waals surface area contributed by atoms with Gasteiger partial charge in [-0.15, -0.1) is 12.3 Å². The fraction of sp³-hybridized carbons (Fsp3) is 0.286. The molecule has 1 unspecified atom stereocenters. The van der Waals surface area contributed by atoms with E-state index in [9.17, 15) is 0 Å². The molecule has 0 aliphatic heterocycles. The maximum atomic E-state index is 5.47. The van der Waals surface area contributed by atoms with Gasteiger partial charge in [-0.1, -0.05) is 49.1 Å². The van der Waals surface area contributed by atoms with Crippen molar-refractivity contribution in [3.8, 4) is 24.2 Å². The van der Waals surface area contributed by atoms with E-state index in [0.29, 0.717) is 6.61 Å². The molecule has 0 aliphatic rings. The number of hydrogen-bond acceptors (Lipinski definition) is 1. The molecule has 0 radical (unpaired) electrons. The van der Waals surface area contributed by atoms with Gasteiger partial charge in [0.2, 0.25) is 0 Å². The highest BCUT2D eigenvalue weighted by Gasteiger charge is 2.05. The largest absolute Gasteiger partial charge is 0.348 e. The van der Waals surface area contributed by atoms with Gasteiger partial charge in [-0.05, 0) is 5.56 Å². The second-order valence-corrected chi connectivity index (χ2v) is 2.98. The van der Waals surface area contributed by atoms with Gasteiger partial charge >= 0.3 is 0 Å². The molecule has 1 nitrogen and oxygen atoms in total. The molecule has 1 aromatic carbocycles. The Morgan fingerprint density at radius 2 is 2.00 bits per heavy atom. The van der Waals surface area contributed by atoms with Gasteiger partial charge in [0.25, 0.3) is 0 Å². The van der Waals surface area contributed by atoms with Crippen LogP contribution in [0.4, 0.5) is 0 Å². The molecule has 0 heterocycles. The van der Waals surface area contributed by atoms with Gasteiger partial charge in [0.05, 0.1) is 0 Å². The Kier molecular flexibility index (Phi) is 5.09. The van der Waals surface area contributed by atoms with Crippen molar-refractivity contribution < 1.29 is 4.74 Å². The Hall–Kier alpha value is -1.70. The first kappa shape index (κ1) is 11.4. The second-order valence-electron chi connectivity index (χ2n) is 2.98. The molecule has 1 aromatic rings. The van der Waals surface area contributed by atoms with Crippen molar-refractivity contribution >= 4 is 0 Å². The molecule has 0 amide bonds. The van der Waals surface area contributed by atoms with E-state index in [-0.39, 0.29) is 6.10 Å². The van der Waals surface area contributed by atoms with Gasteiger partial charge in [0.1, 0.15) is 12.7 Å². The molecular formula is C14H14O. The lowest BCUT2D eigenvalue weighted by atomic mass is 10.1. The molecule has 0 bridgehead atoms. The molecule has 0 spiro atoms. The number of hydrogen-bond donors (Lipinski definition) is 0. The first-order valence-electron chi connectivity index (χ1n) is 4.97. The Balaban J connectivity index is 2.55. The maximum absolute atomic E-state index is 5.47. The van der Waals surface area contributed by atoms with Gasteiger partial charge in [0.15, 0.2) is 0 Å². The normalized spacial score (nSPS) is 10.9. The molecule has 1 atom stereocenters. The fourth-order valence-corrected chi connectivity index (χ4v) is 1.17. The van der Waals surface area contributed by atoms with Crippen LogP contribution in [0.1, 0.15) is 25.0 Å². The van der Waals surface area contributed by atoms with Crippen LogP contribution >= 0.6 is 0 Å². The lowest BCUT2D eigenvalue weighted by Crippen LogP contribution is -2.01. The summed E-state index contributed by atoms with van der Waals surface area (Å²) in [4.78, 5) is 0. The van der Waals surface area contributed by atoms with Crippen molar-refractivity contribution in [1.82, 2.24) is 0 Å². The van der Waals surface area contributed by atoms with Crippen molar-refractivity contribution in [2.75, 3.05) is 6.61 Å². The van der Waals surface area contributed by atoms with Crippen molar-refractivity contribution in [3.63, 3.8) is 0 Å². The van der Waals surface area contributed by atoms with Crippen LogP contribution in [-0.2, 0) is 4.74 Å². The molecule has 15 heavy (non-hydrogen) atoms. The van der Waals surface area contributed by atoms with Gasteiger partial charge in [0, 0.05) is 6.42 Å². The SMILES string of the molecule is C#CC(OCC#CCC)c1ccccc1. The van der Waals surface area contributed by atoms with E-state index in [2.05, 4.69) is 17.8 Å². The summed E-state index contributed by atoms with van der Waals surface area (Å²) in [6, 6.07) is 9.75. The minimum atomic E-state index is -0.294. The van der Waals surface area contributed by atoms with Crippen molar-refractivity contribution in [3.05, 3.63) is 35.9 Å². The molecule has 0 aromatic heterocycles. The Labute approximate surface area is 91.5 Å². The lowest BCUT2D eigenvalue weighted by Gasteiger charge is -2.09. The zero-order valence-corrected chi connectivity index (χ0v) is 8.86. The third-order valence-corrected chi connectivity index (χ3v) is 1.88. The average Bonchev–Trinajstić information content (AvgIpc) is 2.30. The number of terminal acetylenes is 1. The molecule has 0 saturated heterocycles. The topological polar surface area (TPSA) is 9.23 Å². The van der Waals surface area contributed by atoms with Crippen LogP contribution in [-0.4, -0.2) is 6.61 Å². The van der Waals surface area contributed by atoms with E-state index in [1.165, 1.54) is 0 Å². The molecular weight excluding hydrogens is 184 g/mol. The minimum absolute atomic E-state index is 0.294. The van der Waals surface area contributed by atoms with E-state index < -0.39 is 0 Å². The van der Waals surface area contributed by atoms with E-state index in [0.717, 1.165) is 12.0 Å². The third kappa shape index (κ3) is 3.90. The highest BCUT2D eigenvalue weighted by molar-refractivity contribution is 5.23. The molecule has 76 valence electrons. The zero-order valence-electron chi connectivity index (χ0n) is 8.86. The number of benzene rings is 1. The fourth-order valence-electron chi connectivity index (χ4n) is 1.17. The Bertz CT molecular complexity index is 375. The second kappa shape index (κ2) is 6.71. The highest BCUT2D eigenvalue weighted by Crippen LogP contribution is 2.15. The molecule has 0 aliphatic carbocycles. The summed E-state index contributed by atoms with van der Waals surface area (Å²) < 4.78 is 5.47. The van der Waals surface area contributed by atoms with Crippen LogP contribution in [0.25, 0.3) is 0 Å². The maximum Gasteiger partial charge on any atom is 0.144 e. The summed E-state index contributed by atoms with van der Waals surface area (Å²) in [7, 11) is 0. The van der Waals surface area contributed by atoms with Crippen molar-refractivity contribution in [1.29, 1.82) is 0 Å². The molecule has 0 N–H and O–H groups in total.